The van der Waals surface area contributed by atoms with Gasteiger partial charge >= 0.3 is 5.97 Å². The van der Waals surface area contributed by atoms with Gasteiger partial charge in [-0.05, 0) is 23.5 Å². The van der Waals surface area contributed by atoms with Crippen molar-refractivity contribution in [2.75, 3.05) is 0 Å². The van der Waals surface area contributed by atoms with Gasteiger partial charge in [0.05, 0.1) is 4.88 Å². The molecule has 50 valence electrons. The fraction of sp³-hybridized carbons (Fsp3) is 0. The first-order chi connectivity index (χ1) is 4.79. The molecule has 0 saturated carbocycles. The van der Waals surface area contributed by atoms with Crippen molar-refractivity contribution in [3.63, 3.8) is 0 Å². The summed E-state index contributed by atoms with van der Waals surface area (Å²) in [4.78, 5) is 10.6. The maximum absolute atomic E-state index is 9.91. The van der Waals surface area contributed by atoms with Crippen LogP contribution < -0.4 is 0 Å². The molecule has 0 unspecified atom stereocenters. The number of nitrogens with zero attached hydrogens (tertiary/aromatic N) is 1. The molecule has 0 spiro atoms. The number of aliphatic carboxylic acids is 1. The minimum Gasteiger partial charge on any atom is -0.472 e. The first-order valence-corrected chi connectivity index (χ1v) is 3.22. The Balaban J connectivity index is 2.75. The van der Waals surface area contributed by atoms with E-state index < -0.39 is 5.97 Å². The predicted octanol–water partition coefficient (Wildman–Crippen LogP) is 0.579. The Morgan fingerprint density at radius 2 is 2.60 bits per heavy atom. The van der Waals surface area contributed by atoms with Gasteiger partial charge in [0.1, 0.15) is 0 Å². The van der Waals surface area contributed by atoms with Crippen molar-refractivity contribution in [2.45, 2.75) is 0 Å². The molecule has 0 aliphatic carbocycles. The molecule has 4 heteroatoms. The van der Waals surface area contributed by atoms with E-state index in [1.54, 1.807) is 12.3 Å². The molecule has 1 aromatic heterocycles. The van der Waals surface area contributed by atoms with Crippen molar-refractivity contribution in [3.05, 3.63) is 17.1 Å². The van der Waals surface area contributed by atoms with E-state index in [1.165, 1.54) is 11.5 Å². The van der Waals surface area contributed by atoms with E-state index in [9.17, 15) is 4.79 Å². The number of hydrogen-bond donors (Lipinski definition) is 1. The average Bonchev–Trinajstić information content (AvgIpc) is 2.34. The molecule has 0 fully saturated rings. The summed E-state index contributed by atoms with van der Waals surface area (Å²) in [7, 11) is 0. The summed E-state index contributed by atoms with van der Waals surface area (Å²) < 4.78 is 3.75. The minimum atomic E-state index is -1.12. The molecule has 0 radical (unpaired) electrons. The minimum absolute atomic E-state index is 0.669. The first-order valence-electron chi connectivity index (χ1n) is 2.44. The molecule has 1 heterocycles. The van der Waals surface area contributed by atoms with Crippen LogP contribution in [-0.4, -0.2) is 15.4 Å². The maximum atomic E-state index is 9.91. The SMILES string of the molecule is O=C(O)C#Cc1ccns1. The van der Waals surface area contributed by atoms with Crippen molar-refractivity contribution in [1.82, 2.24) is 4.37 Å². The van der Waals surface area contributed by atoms with E-state index in [4.69, 9.17) is 5.11 Å². The molecule has 0 aromatic carbocycles. The van der Waals surface area contributed by atoms with Crippen molar-refractivity contribution in [1.29, 1.82) is 0 Å². The Bertz CT molecular complexity index is 280. The zero-order chi connectivity index (χ0) is 7.40. The molecule has 0 saturated heterocycles. The van der Waals surface area contributed by atoms with Crippen LogP contribution in [0.25, 0.3) is 0 Å². The Morgan fingerprint density at radius 3 is 3.10 bits per heavy atom. The molecule has 0 aliphatic heterocycles. The van der Waals surface area contributed by atoms with E-state index in [0.29, 0.717) is 4.88 Å². The summed E-state index contributed by atoms with van der Waals surface area (Å²) in [6.45, 7) is 0. The molecule has 0 bridgehead atoms. The van der Waals surface area contributed by atoms with Crippen molar-refractivity contribution >= 4 is 17.5 Å². The fourth-order valence-electron chi connectivity index (χ4n) is 0.395. The Labute approximate surface area is 61.5 Å². The van der Waals surface area contributed by atoms with E-state index in [1.807, 2.05) is 5.92 Å². The lowest BCUT2D eigenvalue weighted by Gasteiger charge is -1.71. The second-order valence-corrected chi connectivity index (χ2v) is 2.27. The van der Waals surface area contributed by atoms with Gasteiger partial charge < -0.3 is 5.11 Å². The Kier molecular flexibility index (Phi) is 2.03. The molecule has 10 heavy (non-hydrogen) atoms. The molecular formula is C6H3NO2S. The van der Waals surface area contributed by atoms with Crippen LogP contribution in [0.15, 0.2) is 12.3 Å². The van der Waals surface area contributed by atoms with Crippen LogP contribution in [0.5, 0.6) is 0 Å². The Hall–Kier alpha value is -1.34. The summed E-state index contributed by atoms with van der Waals surface area (Å²) >= 11 is 1.18. The number of carboxylic acids is 1. The van der Waals surface area contributed by atoms with Gasteiger partial charge in [0, 0.05) is 12.1 Å². The highest BCUT2D eigenvalue weighted by Gasteiger charge is 1.87. The van der Waals surface area contributed by atoms with Gasteiger partial charge in [-0.2, -0.15) is 4.37 Å². The number of hydrogen-bond acceptors (Lipinski definition) is 3. The molecule has 1 aromatic rings. The van der Waals surface area contributed by atoms with Crippen LogP contribution in [0, 0.1) is 11.8 Å². The number of carboxylic acid groups (broad SMARTS) is 1. The van der Waals surface area contributed by atoms with Gasteiger partial charge in [0.2, 0.25) is 0 Å². The van der Waals surface area contributed by atoms with E-state index in [2.05, 4.69) is 10.3 Å². The van der Waals surface area contributed by atoms with Crippen molar-refractivity contribution in [3.8, 4) is 11.8 Å². The Morgan fingerprint density at radius 1 is 1.80 bits per heavy atom. The van der Waals surface area contributed by atoms with Gasteiger partial charge in [-0.1, -0.05) is 0 Å². The molecule has 0 amide bonds. The first kappa shape index (κ1) is 6.78. The highest BCUT2D eigenvalue weighted by molar-refractivity contribution is 7.06. The van der Waals surface area contributed by atoms with Crippen LogP contribution >= 0.6 is 11.5 Å². The zero-order valence-electron chi connectivity index (χ0n) is 4.87. The maximum Gasteiger partial charge on any atom is 0.382 e. The third kappa shape index (κ3) is 1.88. The topological polar surface area (TPSA) is 50.2 Å². The quantitative estimate of drug-likeness (QED) is 0.554. The summed E-state index contributed by atoms with van der Waals surface area (Å²) in [6, 6.07) is 1.67. The smallest absolute Gasteiger partial charge is 0.382 e. The monoisotopic (exact) mass is 153 g/mol. The number of rotatable bonds is 0. The van der Waals surface area contributed by atoms with Crippen molar-refractivity contribution in [2.24, 2.45) is 0 Å². The standard InChI is InChI=1S/C6H3NO2S/c8-6(9)2-1-5-3-4-7-10-5/h3-4H,(H,8,9). The second-order valence-electron chi connectivity index (χ2n) is 1.43. The third-order valence-electron chi connectivity index (χ3n) is 0.730. The van der Waals surface area contributed by atoms with Crippen LogP contribution in [0.2, 0.25) is 0 Å². The number of aromatic nitrogens is 1. The van der Waals surface area contributed by atoms with Crippen LogP contribution in [-0.2, 0) is 4.79 Å². The van der Waals surface area contributed by atoms with Gasteiger partial charge in [-0.3, -0.25) is 0 Å². The second kappa shape index (κ2) is 2.99. The van der Waals surface area contributed by atoms with Crippen LogP contribution in [0.4, 0.5) is 0 Å². The van der Waals surface area contributed by atoms with Gasteiger partial charge in [0.15, 0.2) is 0 Å². The molecule has 0 atom stereocenters. The normalized spacial score (nSPS) is 8.00. The van der Waals surface area contributed by atoms with Gasteiger partial charge in [0.25, 0.3) is 0 Å². The highest BCUT2D eigenvalue weighted by Crippen LogP contribution is 2.00. The molecule has 0 aliphatic rings. The van der Waals surface area contributed by atoms with E-state index in [-0.39, 0.29) is 0 Å². The molecule has 3 nitrogen and oxygen atoms in total. The third-order valence-corrected chi connectivity index (χ3v) is 1.39. The molecule has 1 rings (SSSR count). The largest absolute Gasteiger partial charge is 0.472 e. The summed E-state index contributed by atoms with van der Waals surface area (Å²) in [5, 5.41) is 8.12. The van der Waals surface area contributed by atoms with Gasteiger partial charge in [-0.25, -0.2) is 4.79 Å². The zero-order valence-corrected chi connectivity index (χ0v) is 5.68. The highest BCUT2D eigenvalue weighted by atomic mass is 32.1. The molecular weight excluding hydrogens is 150 g/mol. The van der Waals surface area contributed by atoms with E-state index >= 15 is 0 Å². The average molecular weight is 153 g/mol. The lowest BCUT2D eigenvalue weighted by molar-refractivity contribution is -0.130. The van der Waals surface area contributed by atoms with Crippen LogP contribution in [0.3, 0.4) is 0 Å². The van der Waals surface area contributed by atoms with Crippen molar-refractivity contribution < 1.29 is 9.90 Å². The summed E-state index contributed by atoms with van der Waals surface area (Å²) in [5.74, 6) is 3.30. The molecule has 1 N–H and O–H groups in total. The van der Waals surface area contributed by atoms with Gasteiger partial charge in [-0.15, -0.1) is 0 Å². The lowest BCUT2D eigenvalue weighted by Crippen LogP contribution is -1.85. The van der Waals surface area contributed by atoms with E-state index in [0.717, 1.165) is 0 Å². The predicted molar refractivity (Wildman–Crippen MR) is 36.6 cm³/mol. The fourth-order valence-corrected chi connectivity index (χ4v) is 0.849. The summed E-state index contributed by atoms with van der Waals surface area (Å²) in [5.41, 5.74) is 0. The lowest BCUT2D eigenvalue weighted by atomic mass is 10.5. The van der Waals surface area contributed by atoms with Crippen LogP contribution in [0.1, 0.15) is 4.88 Å². The number of carbonyl (C=O) groups is 1. The summed E-state index contributed by atoms with van der Waals surface area (Å²) in [6.07, 6.45) is 1.58.